The first-order valence-corrected chi connectivity index (χ1v) is 5.58. The van der Waals surface area contributed by atoms with Crippen LogP contribution in [0.1, 0.15) is 19.4 Å². The number of hydrogen-bond acceptors (Lipinski definition) is 1. The normalized spacial score (nSPS) is 12.9. The fraction of sp³-hybridized carbons (Fsp3) is 0.333. The van der Waals surface area contributed by atoms with Gasteiger partial charge in [-0.25, -0.2) is 0 Å². The Bertz CT molecular complexity index is 326. The minimum absolute atomic E-state index is 0.656. The summed E-state index contributed by atoms with van der Waals surface area (Å²) in [4.78, 5) is 18.2. The molecular formula is C9H13O3P. The predicted octanol–water partition coefficient (Wildman–Crippen LogP) is 2.10. The molecule has 0 aliphatic heterocycles. The minimum atomic E-state index is -4.09. The first-order valence-electron chi connectivity index (χ1n) is 3.97. The van der Waals surface area contributed by atoms with Crippen molar-refractivity contribution in [1.82, 2.24) is 0 Å². The van der Waals surface area contributed by atoms with Crippen LogP contribution in [-0.2, 0) is 9.72 Å². The van der Waals surface area contributed by atoms with Crippen LogP contribution in [0.4, 0.5) is 0 Å². The summed E-state index contributed by atoms with van der Waals surface area (Å²) in [5.74, 6) is 0. The van der Waals surface area contributed by atoms with Crippen molar-refractivity contribution in [2.75, 3.05) is 0 Å². The molecule has 0 aliphatic carbocycles. The molecule has 0 amide bonds. The zero-order valence-electron chi connectivity index (χ0n) is 7.64. The number of benzene rings is 1. The maximum absolute atomic E-state index is 11.1. The number of hydrogen-bond donors (Lipinski definition) is 2. The third-order valence-corrected chi connectivity index (χ3v) is 3.92. The Hall–Kier alpha value is -0.630. The highest BCUT2D eigenvalue weighted by Crippen LogP contribution is 2.56. The summed E-state index contributed by atoms with van der Waals surface area (Å²) in [6, 6.07) is 8.80. The topological polar surface area (TPSA) is 57.5 Å². The smallest absolute Gasteiger partial charge is 0.324 e. The Morgan fingerprint density at radius 2 is 1.62 bits per heavy atom. The van der Waals surface area contributed by atoms with Gasteiger partial charge in [0, 0.05) is 0 Å². The molecule has 0 aliphatic rings. The lowest BCUT2D eigenvalue weighted by molar-refractivity contribution is 0.338. The molecule has 0 bridgehead atoms. The van der Waals surface area contributed by atoms with Crippen LogP contribution in [0.5, 0.6) is 0 Å². The van der Waals surface area contributed by atoms with Gasteiger partial charge in [0.15, 0.2) is 0 Å². The van der Waals surface area contributed by atoms with Crippen molar-refractivity contribution in [2.45, 2.75) is 19.0 Å². The van der Waals surface area contributed by atoms with E-state index in [-0.39, 0.29) is 0 Å². The summed E-state index contributed by atoms with van der Waals surface area (Å²) in [6.45, 7) is 3.09. The van der Waals surface area contributed by atoms with E-state index in [4.69, 9.17) is 9.79 Å². The summed E-state index contributed by atoms with van der Waals surface area (Å²) in [6.07, 6.45) is 0. The van der Waals surface area contributed by atoms with Gasteiger partial charge in [-0.3, -0.25) is 4.57 Å². The maximum atomic E-state index is 11.1. The average Bonchev–Trinajstić information content (AvgIpc) is 2.04. The fourth-order valence-corrected chi connectivity index (χ4v) is 1.50. The van der Waals surface area contributed by atoms with Crippen LogP contribution in [0.25, 0.3) is 0 Å². The Labute approximate surface area is 77.6 Å². The molecule has 0 radical (unpaired) electrons. The molecule has 0 saturated carbocycles. The lowest BCUT2D eigenvalue weighted by Gasteiger charge is -2.25. The molecule has 4 heteroatoms. The lowest BCUT2D eigenvalue weighted by atomic mass is 10.0. The van der Waals surface area contributed by atoms with Gasteiger partial charge in [-0.1, -0.05) is 30.3 Å². The van der Waals surface area contributed by atoms with Crippen molar-refractivity contribution in [2.24, 2.45) is 0 Å². The third-order valence-electron chi connectivity index (χ3n) is 2.21. The van der Waals surface area contributed by atoms with Gasteiger partial charge in [0.25, 0.3) is 0 Å². The molecule has 0 unspecified atom stereocenters. The van der Waals surface area contributed by atoms with Crippen molar-refractivity contribution in [3.05, 3.63) is 35.9 Å². The molecular weight excluding hydrogens is 187 g/mol. The SMILES string of the molecule is CC(C)(c1ccccc1)P(=O)(O)O. The summed E-state index contributed by atoms with van der Waals surface area (Å²) in [5, 5.41) is -1.10. The van der Waals surface area contributed by atoms with Crippen molar-refractivity contribution in [3.63, 3.8) is 0 Å². The molecule has 0 spiro atoms. The highest BCUT2D eigenvalue weighted by atomic mass is 31.2. The van der Waals surface area contributed by atoms with Gasteiger partial charge < -0.3 is 9.79 Å². The summed E-state index contributed by atoms with van der Waals surface area (Å²) >= 11 is 0. The van der Waals surface area contributed by atoms with Crippen LogP contribution >= 0.6 is 7.60 Å². The second-order valence-corrected chi connectivity index (χ2v) is 5.68. The third kappa shape index (κ3) is 1.99. The molecule has 0 aromatic heterocycles. The standard InChI is InChI=1S/C9H13O3P/c1-9(2,13(10,11)12)8-6-4-3-5-7-8/h3-7H,1-2H3,(H2,10,11,12). The first kappa shape index (κ1) is 10.5. The zero-order valence-corrected chi connectivity index (χ0v) is 8.53. The van der Waals surface area contributed by atoms with E-state index in [2.05, 4.69) is 0 Å². The molecule has 13 heavy (non-hydrogen) atoms. The van der Waals surface area contributed by atoms with Gasteiger partial charge in [0.1, 0.15) is 0 Å². The second-order valence-electron chi connectivity index (χ2n) is 3.47. The number of rotatable bonds is 2. The van der Waals surface area contributed by atoms with E-state index in [0.717, 1.165) is 0 Å². The van der Waals surface area contributed by atoms with Crippen LogP contribution in [0.3, 0.4) is 0 Å². The van der Waals surface area contributed by atoms with Crippen LogP contribution in [0.15, 0.2) is 30.3 Å². The molecule has 0 atom stereocenters. The molecule has 3 nitrogen and oxygen atoms in total. The molecule has 0 heterocycles. The van der Waals surface area contributed by atoms with Crippen LogP contribution < -0.4 is 0 Å². The van der Waals surface area contributed by atoms with E-state index in [0.29, 0.717) is 5.56 Å². The van der Waals surface area contributed by atoms with Crippen LogP contribution in [0.2, 0.25) is 0 Å². The van der Waals surface area contributed by atoms with E-state index in [9.17, 15) is 4.57 Å². The first-order chi connectivity index (χ1) is 5.86. The minimum Gasteiger partial charge on any atom is -0.324 e. The van der Waals surface area contributed by atoms with Gasteiger partial charge in [-0.2, -0.15) is 0 Å². The highest BCUT2D eigenvalue weighted by molar-refractivity contribution is 7.53. The summed E-state index contributed by atoms with van der Waals surface area (Å²) in [7, 11) is -4.09. The van der Waals surface area contributed by atoms with E-state index < -0.39 is 12.8 Å². The summed E-state index contributed by atoms with van der Waals surface area (Å²) in [5.41, 5.74) is 0.656. The molecule has 1 rings (SSSR count). The van der Waals surface area contributed by atoms with Gasteiger partial charge in [0.2, 0.25) is 0 Å². The van der Waals surface area contributed by atoms with E-state index in [1.54, 1.807) is 38.1 Å². The molecule has 1 aromatic carbocycles. The molecule has 0 fully saturated rings. The lowest BCUT2D eigenvalue weighted by Crippen LogP contribution is -2.16. The summed E-state index contributed by atoms with van der Waals surface area (Å²) < 4.78 is 11.1. The van der Waals surface area contributed by atoms with Crippen molar-refractivity contribution >= 4 is 7.60 Å². The van der Waals surface area contributed by atoms with E-state index >= 15 is 0 Å². The quantitative estimate of drug-likeness (QED) is 0.718. The molecule has 1 aromatic rings. The van der Waals surface area contributed by atoms with Gasteiger partial charge in [0.05, 0.1) is 5.16 Å². The largest absolute Gasteiger partial charge is 0.335 e. The predicted molar refractivity (Wildman–Crippen MR) is 51.5 cm³/mol. The fourth-order valence-electron chi connectivity index (χ4n) is 1.01. The molecule has 72 valence electrons. The highest BCUT2D eigenvalue weighted by Gasteiger charge is 2.38. The molecule has 0 saturated heterocycles. The van der Waals surface area contributed by atoms with Gasteiger partial charge >= 0.3 is 7.60 Å². The second kappa shape index (κ2) is 3.26. The van der Waals surface area contributed by atoms with Crippen LogP contribution in [-0.4, -0.2) is 9.79 Å². The van der Waals surface area contributed by atoms with Gasteiger partial charge in [-0.15, -0.1) is 0 Å². The Kier molecular flexibility index (Phi) is 2.62. The average molecular weight is 200 g/mol. The maximum Gasteiger partial charge on any atom is 0.335 e. The van der Waals surface area contributed by atoms with Crippen molar-refractivity contribution < 1.29 is 14.4 Å². The zero-order chi connectivity index (χ0) is 10.1. The van der Waals surface area contributed by atoms with Crippen molar-refractivity contribution in [3.8, 4) is 0 Å². The van der Waals surface area contributed by atoms with Crippen molar-refractivity contribution in [1.29, 1.82) is 0 Å². The van der Waals surface area contributed by atoms with Gasteiger partial charge in [-0.05, 0) is 19.4 Å². The molecule has 2 N–H and O–H groups in total. The monoisotopic (exact) mass is 200 g/mol. The van der Waals surface area contributed by atoms with E-state index in [1.807, 2.05) is 6.07 Å². The Morgan fingerprint density at radius 3 is 2.00 bits per heavy atom. The Morgan fingerprint density at radius 1 is 1.15 bits per heavy atom. The Balaban J connectivity index is 3.16. The van der Waals surface area contributed by atoms with E-state index in [1.165, 1.54) is 0 Å². The van der Waals surface area contributed by atoms with Crippen LogP contribution in [0, 0.1) is 0 Å².